The third kappa shape index (κ3) is 3.98. The third-order valence-corrected chi connectivity index (χ3v) is 5.93. The van der Waals surface area contributed by atoms with Crippen LogP contribution in [0.5, 0.6) is 0 Å². The lowest BCUT2D eigenvalue weighted by Crippen LogP contribution is -2.36. The first-order chi connectivity index (χ1) is 12.4. The summed E-state index contributed by atoms with van der Waals surface area (Å²) in [6.45, 7) is 5.54. The van der Waals surface area contributed by atoms with Crippen molar-refractivity contribution in [2.24, 2.45) is 0 Å². The van der Waals surface area contributed by atoms with Gasteiger partial charge in [0.2, 0.25) is 0 Å². The molecule has 6 heteroatoms. The van der Waals surface area contributed by atoms with Gasteiger partial charge in [-0.2, -0.15) is 0 Å². The van der Waals surface area contributed by atoms with Crippen molar-refractivity contribution in [2.75, 3.05) is 32.1 Å². The predicted molar refractivity (Wildman–Crippen MR) is 113 cm³/mol. The van der Waals surface area contributed by atoms with E-state index in [1.807, 2.05) is 38.4 Å². The maximum Gasteiger partial charge on any atom is 0.260 e. The Morgan fingerprint density at radius 1 is 1.15 bits per heavy atom. The van der Waals surface area contributed by atoms with Crippen molar-refractivity contribution in [1.29, 1.82) is 0 Å². The van der Waals surface area contributed by atoms with E-state index in [0.29, 0.717) is 12.1 Å². The molecule has 0 atom stereocenters. The number of rotatable bonds is 5. The fraction of sp³-hybridized carbons (Fsp3) is 0.300. The molecule has 0 fully saturated rings. The smallest absolute Gasteiger partial charge is 0.260 e. The number of hydrogen-bond acceptors (Lipinski definition) is 4. The molecule has 0 bridgehead atoms. The zero-order chi connectivity index (χ0) is 18.8. The van der Waals surface area contributed by atoms with Gasteiger partial charge in [-0.25, -0.2) is 4.98 Å². The Morgan fingerprint density at radius 2 is 1.92 bits per heavy atom. The van der Waals surface area contributed by atoms with Gasteiger partial charge in [-0.05, 0) is 63.3 Å². The van der Waals surface area contributed by atoms with Crippen LogP contribution >= 0.6 is 27.3 Å². The van der Waals surface area contributed by atoms with E-state index in [1.165, 1.54) is 11.1 Å². The number of hydrogen-bond donors (Lipinski definition) is 0. The van der Waals surface area contributed by atoms with Crippen LogP contribution in [0.2, 0.25) is 0 Å². The number of carbonyl (C=O) groups is 1. The molecule has 0 radical (unpaired) electrons. The molecular formula is C20H22BrN3OS. The number of aromatic nitrogens is 1. The zero-order valence-electron chi connectivity index (χ0n) is 15.4. The van der Waals surface area contributed by atoms with Crippen LogP contribution in [-0.4, -0.2) is 43.0 Å². The van der Waals surface area contributed by atoms with E-state index in [9.17, 15) is 4.79 Å². The Kier molecular flexibility index (Phi) is 5.75. The van der Waals surface area contributed by atoms with Crippen molar-refractivity contribution in [1.82, 2.24) is 9.88 Å². The van der Waals surface area contributed by atoms with E-state index in [-0.39, 0.29) is 5.91 Å². The van der Waals surface area contributed by atoms with Crippen molar-refractivity contribution in [3.63, 3.8) is 0 Å². The van der Waals surface area contributed by atoms with Crippen LogP contribution < -0.4 is 4.90 Å². The van der Waals surface area contributed by atoms with Gasteiger partial charge in [0.15, 0.2) is 5.13 Å². The van der Waals surface area contributed by atoms with E-state index in [1.54, 1.807) is 16.2 Å². The molecule has 136 valence electrons. The highest BCUT2D eigenvalue weighted by atomic mass is 79.9. The SMILES string of the molecule is Cc1ccc2sc(N(CCN(C)C)C(=O)c3cccc(Br)c3)nc2c1C. The van der Waals surface area contributed by atoms with Crippen molar-refractivity contribution in [3.8, 4) is 0 Å². The average Bonchev–Trinajstić information content (AvgIpc) is 3.02. The molecule has 4 nitrogen and oxygen atoms in total. The highest BCUT2D eigenvalue weighted by molar-refractivity contribution is 9.10. The topological polar surface area (TPSA) is 36.4 Å². The molecule has 0 N–H and O–H groups in total. The standard InChI is InChI=1S/C20H22BrN3OS/c1-13-8-9-17-18(14(13)2)22-20(26-17)24(11-10-23(3)4)19(25)15-6-5-7-16(21)12-15/h5-9,12H,10-11H2,1-4H3. The number of anilines is 1. The molecule has 1 aromatic heterocycles. The summed E-state index contributed by atoms with van der Waals surface area (Å²) >= 11 is 5.02. The number of fused-ring (bicyclic) bond motifs is 1. The summed E-state index contributed by atoms with van der Waals surface area (Å²) in [5, 5.41) is 0.750. The molecule has 0 saturated carbocycles. The largest absolute Gasteiger partial charge is 0.308 e. The molecular weight excluding hydrogens is 410 g/mol. The Morgan fingerprint density at radius 3 is 2.62 bits per heavy atom. The van der Waals surface area contributed by atoms with Crippen LogP contribution in [0, 0.1) is 13.8 Å². The minimum Gasteiger partial charge on any atom is -0.308 e. The summed E-state index contributed by atoms with van der Waals surface area (Å²) in [6, 6.07) is 11.7. The number of aryl methyl sites for hydroxylation is 2. The van der Waals surface area contributed by atoms with Crippen LogP contribution in [0.3, 0.4) is 0 Å². The fourth-order valence-electron chi connectivity index (χ4n) is 2.69. The van der Waals surface area contributed by atoms with E-state index in [4.69, 9.17) is 4.98 Å². The summed E-state index contributed by atoms with van der Waals surface area (Å²) in [5.74, 6) is -0.0263. The molecule has 1 heterocycles. The van der Waals surface area contributed by atoms with Gasteiger partial charge in [0.25, 0.3) is 5.91 Å². The molecule has 3 rings (SSSR count). The molecule has 0 aliphatic rings. The van der Waals surface area contributed by atoms with Gasteiger partial charge in [-0.1, -0.05) is 39.4 Å². The molecule has 26 heavy (non-hydrogen) atoms. The van der Waals surface area contributed by atoms with Gasteiger partial charge in [-0.3, -0.25) is 9.69 Å². The van der Waals surface area contributed by atoms with Crippen molar-refractivity contribution >= 4 is 48.5 Å². The molecule has 3 aromatic rings. The van der Waals surface area contributed by atoms with Crippen molar-refractivity contribution in [3.05, 3.63) is 57.6 Å². The number of amides is 1. The molecule has 0 spiro atoms. The van der Waals surface area contributed by atoms with E-state index in [2.05, 4.69) is 46.8 Å². The highest BCUT2D eigenvalue weighted by Gasteiger charge is 2.22. The molecule has 2 aromatic carbocycles. The van der Waals surface area contributed by atoms with E-state index in [0.717, 1.165) is 26.4 Å². The van der Waals surface area contributed by atoms with Crippen LogP contribution in [-0.2, 0) is 0 Å². The minimum atomic E-state index is -0.0263. The van der Waals surface area contributed by atoms with Gasteiger partial charge in [-0.15, -0.1) is 0 Å². The summed E-state index contributed by atoms with van der Waals surface area (Å²) in [6.07, 6.45) is 0. The van der Waals surface area contributed by atoms with Crippen LogP contribution in [0.15, 0.2) is 40.9 Å². The molecule has 0 unspecified atom stereocenters. The minimum absolute atomic E-state index is 0.0263. The van der Waals surface area contributed by atoms with Crippen LogP contribution in [0.4, 0.5) is 5.13 Å². The van der Waals surface area contributed by atoms with Crippen LogP contribution in [0.25, 0.3) is 10.2 Å². The first kappa shape index (κ1) is 19.0. The number of halogens is 1. The fourth-order valence-corrected chi connectivity index (χ4v) is 4.14. The van der Waals surface area contributed by atoms with Gasteiger partial charge in [0, 0.05) is 23.1 Å². The van der Waals surface area contributed by atoms with Gasteiger partial charge in [0.1, 0.15) is 0 Å². The number of nitrogens with zero attached hydrogens (tertiary/aromatic N) is 3. The number of carbonyl (C=O) groups excluding carboxylic acids is 1. The first-order valence-electron chi connectivity index (χ1n) is 8.45. The van der Waals surface area contributed by atoms with Gasteiger partial charge >= 0.3 is 0 Å². The van der Waals surface area contributed by atoms with E-state index >= 15 is 0 Å². The van der Waals surface area contributed by atoms with Gasteiger partial charge in [0.05, 0.1) is 10.2 Å². The summed E-state index contributed by atoms with van der Waals surface area (Å²) in [5.41, 5.74) is 4.03. The monoisotopic (exact) mass is 431 g/mol. The Bertz CT molecular complexity index is 951. The summed E-state index contributed by atoms with van der Waals surface area (Å²) in [7, 11) is 4.02. The van der Waals surface area contributed by atoms with E-state index < -0.39 is 0 Å². The van der Waals surface area contributed by atoms with Crippen LogP contribution in [0.1, 0.15) is 21.5 Å². The summed E-state index contributed by atoms with van der Waals surface area (Å²) < 4.78 is 2.01. The molecule has 0 saturated heterocycles. The number of likely N-dealkylation sites (N-methyl/N-ethyl adjacent to an activating group) is 1. The lowest BCUT2D eigenvalue weighted by atomic mass is 10.1. The second-order valence-corrected chi connectivity index (χ2v) is 8.55. The predicted octanol–water partition coefficient (Wildman–Crippen LogP) is 4.88. The normalized spacial score (nSPS) is 11.3. The zero-order valence-corrected chi connectivity index (χ0v) is 17.8. The quantitative estimate of drug-likeness (QED) is 0.577. The molecule has 1 amide bonds. The Labute approximate surface area is 166 Å². The first-order valence-corrected chi connectivity index (χ1v) is 10.1. The average molecular weight is 432 g/mol. The number of thiazole rings is 1. The van der Waals surface area contributed by atoms with Crippen molar-refractivity contribution < 1.29 is 4.79 Å². The molecule has 0 aliphatic heterocycles. The molecule has 0 aliphatic carbocycles. The van der Waals surface area contributed by atoms with Gasteiger partial charge < -0.3 is 4.90 Å². The second-order valence-electron chi connectivity index (χ2n) is 6.62. The maximum atomic E-state index is 13.2. The maximum absolute atomic E-state index is 13.2. The Balaban J connectivity index is 2.03. The number of benzene rings is 2. The lowest BCUT2D eigenvalue weighted by Gasteiger charge is -2.22. The van der Waals surface area contributed by atoms with Crippen molar-refractivity contribution in [2.45, 2.75) is 13.8 Å². The second kappa shape index (κ2) is 7.86. The highest BCUT2D eigenvalue weighted by Crippen LogP contribution is 2.32. The summed E-state index contributed by atoms with van der Waals surface area (Å²) in [4.78, 5) is 21.9. The Hall–Kier alpha value is -1.76. The lowest BCUT2D eigenvalue weighted by molar-refractivity contribution is 0.0985. The third-order valence-electron chi connectivity index (χ3n) is 4.39.